The van der Waals surface area contributed by atoms with Crippen molar-refractivity contribution in [2.45, 2.75) is 52.0 Å². The minimum Gasteiger partial charge on any atom is -0.314 e. The third-order valence-corrected chi connectivity index (χ3v) is 4.42. The summed E-state index contributed by atoms with van der Waals surface area (Å²) < 4.78 is 0. The minimum absolute atomic E-state index is 0.754. The molecule has 2 rings (SSSR count). The van der Waals surface area contributed by atoms with Crippen molar-refractivity contribution in [2.24, 2.45) is 17.8 Å². The van der Waals surface area contributed by atoms with Crippen molar-refractivity contribution in [2.75, 3.05) is 6.54 Å². The Morgan fingerprint density at radius 2 is 2.07 bits per heavy atom. The maximum Gasteiger partial charge on any atom is 0.00675 e. The van der Waals surface area contributed by atoms with Crippen molar-refractivity contribution >= 4 is 0 Å². The molecule has 1 heteroatoms. The van der Waals surface area contributed by atoms with Crippen LogP contribution >= 0.6 is 0 Å². The van der Waals surface area contributed by atoms with Crippen molar-refractivity contribution in [1.82, 2.24) is 5.32 Å². The van der Waals surface area contributed by atoms with E-state index in [4.69, 9.17) is 0 Å². The molecule has 0 radical (unpaired) electrons. The largest absolute Gasteiger partial charge is 0.314 e. The molecule has 0 aromatic rings. The van der Waals surface area contributed by atoms with Crippen LogP contribution in [-0.4, -0.2) is 12.6 Å². The summed E-state index contributed by atoms with van der Waals surface area (Å²) >= 11 is 0. The van der Waals surface area contributed by atoms with Crippen LogP contribution in [0, 0.1) is 17.8 Å². The Morgan fingerprint density at radius 1 is 1.20 bits per heavy atom. The molecule has 1 heterocycles. The van der Waals surface area contributed by atoms with Gasteiger partial charge in [0.15, 0.2) is 0 Å². The summed E-state index contributed by atoms with van der Waals surface area (Å²) in [5.74, 6) is 2.68. The lowest BCUT2D eigenvalue weighted by Crippen LogP contribution is -2.25. The summed E-state index contributed by atoms with van der Waals surface area (Å²) in [5.41, 5.74) is 0. The van der Waals surface area contributed by atoms with Gasteiger partial charge in [-0.25, -0.2) is 0 Å². The second-order valence-corrected chi connectivity index (χ2v) is 5.51. The van der Waals surface area contributed by atoms with Crippen LogP contribution in [-0.2, 0) is 0 Å². The molecule has 1 fully saturated rings. The van der Waals surface area contributed by atoms with Gasteiger partial charge in [-0.3, -0.25) is 0 Å². The third kappa shape index (κ3) is 2.84. The normalized spacial score (nSPS) is 41.7. The van der Waals surface area contributed by atoms with Gasteiger partial charge < -0.3 is 5.32 Å². The first-order valence-electron chi connectivity index (χ1n) is 6.67. The molecular weight excluding hydrogens is 182 g/mol. The molecule has 3 unspecified atom stereocenters. The molecule has 86 valence electrons. The van der Waals surface area contributed by atoms with E-state index in [9.17, 15) is 0 Å². The monoisotopic (exact) mass is 207 g/mol. The Kier molecular flexibility index (Phi) is 3.85. The number of nitrogens with one attached hydrogen (secondary N) is 1. The predicted molar refractivity (Wildman–Crippen MR) is 65.8 cm³/mol. The Morgan fingerprint density at radius 3 is 2.80 bits per heavy atom. The van der Waals surface area contributed by atoms with Gasteiger partial charge in [-0.2, -0.15) is 0 Å². The molecule has 4 atom stereocenters. The zero-order chi connectivity index (χ0) is 10.7. The van der Waals surface area contributed by atoms with Gasteiger partial charge in [-0.15, -0.1) is 0 Å². The van der Waals surface area contributed by atoms with E-state index in [1.54, 1.807) is 0 Å². The fraction of sp³-hybridized carbons (Fsp3) is 0.857. The van der Waals surface area contributed by atoms with Crippen LogP contribution in [0.1, 0.15) is 46.0 Å². The number of rotatable bonds is 2. The maximum atomic E-state index is 3.57. The van der Waals surface area contributed by atoms with Crippen molar-refractivity contribution in [3.8, 4) is 0 Å². The highest BCUT2D eigenvalue weighted by molar-refractivity contribution is 4.94. The fourth-order valence-electron chi connectivity index (χ4n) is 3.19. The highest BCUT2D eigenvalue weighted by Gasteiger charge is 2.27. The molecule has 0 bridgehead atoms. The van der Waals surface area contributed by atoms with Crippen molar-refractivity contribution in [1.29, 1.82) is 0 Å². The Balaban J connectivity index is 1.89. The average Bonchev–Trinajstić information content (AvgIpc) is 2.50. The minimum atomic E-state index is 0.754. The number of allylic oxidation sites excluding steroid dienone is 2. The van der Waals surface area contributed by atoms with Crippen LogP contribution in [0.4, 0.5) is 0 Å². The zero-order valence-electron chi connectivity index (χ0n) is 10.2. The molecule has 0 aromatic carbocycles. The third-order valence-electron chi connectivity index (χ3n) is 4.42. The molecule has 2 aliphatic rings. The van der Waals surface area contributed by atoms with Gasteiger partial charge in [-0.05, 0) is 63.3 Å². The van der Waals surface area contributed by atoms with Gasteiger partial charge in [0.2, 0.25) is 0 Å². The van der Waals surface area contributed by atoms with Crippen molar-refractivity contribution < 1.29 is 0 Å². The summed E-state index contributed by atoms with van der Waals surface area (Å²) in [7, 11) is 0. The Labute approximate surface area is 94.3 Å². The van der Waals surface area contributed by atoms with Crippen LogP contribution in [0.2, 0.25) is 0 Å². The fourth-order valence-corrected chi connectivity index (χ4v) is 3.19. The van der Waals surface area contributed by atoms with E-state index in [0.717, 1.165) is 23.8 Å². The Hall–Kier alpha value is -0.300. The smallest absolute Gasteiger partial charge is 0.00675 e. The SMILES string of the molecule is CC1C=CCCCC1C[C@@H]1CCNC1C. The highest BCUT2D eigenvalue weighted by atomic mass is 14.9. The van der Waals surface area contributed by atoms with Crippen LogP contribution < -0.4 is 5.32 Å². The molecule has 1 aliphatic heterocycles. The second kappa shape index (κ2) is 5.16. The maximum absolute atomic E-state index is 3.57. The topological polar surface area (TPSA) is 12.0 Å². The van der Waals surface area contributed by atoms with Crippen LogP contribution in [0.25, 0.3) is 0 Å². The van der Waals surface area contributed by atoms with Gasteiger partial charge in [0, 0.05) is 6.04 Å². The van der Waals surface area contributed by atoms with E-state index in [1.165, 1.54) is 38.6 Å². The van der Waals surface area contributed by atoms with E-state index in [1.807, 2.05) is 0 Å². The second-order valence-electron chi connectivity index (χ2n) is 5.51. The molecule has 1 aliphatic carbocycles. The molecule has 1 nitrogen and oxygen atoms in total. The molecule has 0 saturated carbocycles. The van der Waals surface area contributed by atoms with E-state index < -0.39 is 0 Å². The quantitative estimate of drug-likeness (QED) is 0.685. The first kappa shape index (κ1) is 11.2. The Bertz CT molecular complexity index is 221. The van der Waals surface area contributed by atoms with Gasteiger partial charge in [0.1, 0.15) is 0 Å². The average molecular weight is 207 g/mol. The van der Waals surface area contributed by atoms with E-state index in [2.05, 4.69) is 31.3 Å². The van der Waals surface area contributed by atoms with Crippen molar-refractivity contribution in [3.63, 3.8) is 0 Å². The summed E-state index contributed by atoms with van der Waals surface area (Å²) in [6.45, 7) is 6.00. The van der Waals surface area contributed by atoms with Gasteiger partial charge in [0.25, 0.3) is 0 Å². The molecule has 0 spiro atoms. The van der Waals surface area contributed by atoms with E-state index in [0.29, 0.717) is 0 Å². The summed E-state index contributed by atoms with van der Waals surface area (Å²) in [6.07, 6.45) is 11.8. The number of hydrogen-bond donors (Lipinski definition) is 1. The van der Waals surface area contributed by atoms with Crippen LogP contribution in [0.5, 0.6) is 0 Å². The van der Waals surface area contributed by atoms with Gasteiger partial charge in [-0.1, -0.05) is 19.1 Å². The zero-order valence-corrected chi connectivity index (χ0v) is 10.2. The standard InChI is InChI=1S/C14H25N/c1-11-6-4-3-5-7-13(11)10-14-8-9-15-12(14)2/h4,6,11-15H,3,5,7-10H2,1-2H3/t11?,12?,13?,14-/m0/s1. The first-order valence-corrected chi connectivity index (χ1v) is 6.67. The van der Waals surface area contributed by atoms with Gasteiger partial charge >= 0.3 is 0 Å². The van der Waals surface area contributed by atoms with Crippen molar-refractivity contribution in [3.05, 3.63) is 12.2 Å². The molecule has 1 N–H and O–H groups in total. The number of hydrogen-bond acceptors (Lipinski definition) is 1. The molecule has 0 aromatic heterocycles. The lowest BCUT2D eigenvalue weighted by Gasteiger charge is -2.25. The summed E-state index contributed by atoms with van der Waals surface area (Å²) in [4.78, 5) is 0. The van der Waals surface area contributed by atoms with E-state index in [-0.39, 0.29) is 0 Å². The lowest BCUT2D eigenvalue weighted by atomic mass is 9.81. The molecule has 0 amide bonds. The van der Waals surface area contributed by atoms with Gasteiger partial charge in [0.05, 0.1) is 0 Å². The molecular formula is C14H25N. The van der Waals surface area contributed by atoms with Crippen LogP contribution in [0.3, 0.4) is 0 Å². The first-order chi connectivity index (χ1) is 7.27. The van der Waals surface area contributed by atoms with Crippen LogP contribution in [0.15, 0.2) is 12.2 Å². The lowest BCUT2D eigenvalue weighted by molar-refractivity contribution is 0.288. The molecule has 1 saturated heterocycles. The predicted octanol–water partition coefficient (Wildman–Crippen LogP) is 3.37. The highest BCUT2D eigenvalue weighted by Crippen LogP contribution is 2.33. The summed E-state index contributed by atoms with van der Waals surface area (Å²) in [5, 5.41) is 3.57. The molecule has 15 heavy (non-hydrogen) atoms. The summed E-state index contributed by atoms with van der Waals surface area (Å²) in [6, 6.07) is 0.754. The van der Waals surface area contributed by atoms with E-state index >= 15 is 0 Å².